The van der Waals surface area contributed by atoms with Crippen molar-refractivity contribution in [3.05, 3.63) is 65.6 Å². The van der Waals surface area contributed by atoms with Crippen molar-refractivity contribution in [1.29, 1.82) is 5.41 Å². The van der Waals surface area contributed by atoms with E-state index in [2.05, 4.69) is 36.6 Å². The molecule has 1 aromatic carbocycles. The summed E-state index contributed by atoms with van der Waals surface area (Å²) in [5, 5.41) is 21.8. The predicted molar refractivity (Wildman–Crippen MR) is 126 cm³/mol. The van der Waals surface area contributed by atoms with Gasteiger partial charge in [0.1, 0.15) is 6.23 Å². The fraction of sp³-hybridized carbons (Fsp3) is 0.273. The maximum Gasteiger partial charge on any atom is 0.144 e. The molecule has 1 aliphatic rings. The lowest BCUT2D eigenvalue weighted by atomic mass is 10.0. The number of ether oxygens (including phenoxy) is 1. The summed E-state index contributed by atoms with van der Waals surface area (Å²) in [5.74, 6) is 0. The van der Waals surface area contributed by atoms with E-state index in [1.807, 2.05) is 12.1 Å². The number of pyridine rings is 1. The number of morpholine rings is 1. The van der Waals surface area contributed by atoms with Crippen molar-refractivity contribution >= 4 is 38.1 Å². The highest BCUT2D eigenvalue weighted by Gasteiger charge is 2.11. The molecular weight excluding hydrogens is 397 g/mol. The molecule has 1 saturated heterocycles. The highest BCUT2D eigenvalue weighted by atomic mass is 31.0. The molecule has 8 heteroatoms. The van der Waals surface area contributed by atoms with Crippen LogP contribution in [-0.4, -0.2) is 53.7 Å². The molecule has 2 heterocycles. The topological polar surface area (TPSA) is 107 Å². The van der Waals surface area contributed by atoms with E-state index < -0.39 is 6.23 Å². The molecule has 7 nitrogen and oxygen atoms in total. The second kappa shape index (κ2) is 11.0. The molecule has 2 aromatic rings. The number of nitrogens with two attached hydrogens (primary N) is 1. The molecule has 0 aliphatic carbocycles. The van der Waals surface area contributed by atoms with Gasteiger partial charge in [0.2, 0.25) is 0 Å². The summed E-state index contributed by atoms with van der Waals surface area (Å²) in [5.41, 5.74) is 9.85. The molecule has 158 valence electrons. The number of nitrogens with one attached hydrogen (secondary N) is 2. The van der Waals surface area contributed by atoms with Crippen LogP contribution in [0.2, 0.25) is 0 Å². The van der Waals surface area contributed by atoms with E-state index >= 15 is 0 Å². The van der Waals surface area contributed by atoms with Crippen molar-refractivity contribution in [2.24, 2.45) is 5.73 Å². The van der Waals surface area contributed by atoms with Gasteiger partial charge in [-0.3, -0.25) is 9.88 Å². The van der Waals surface area contributed by atoms with Gasteiger partial charge < -0.3 is 26.3 Å². The Morgan fingerprint density at radius 1 is 1.30 bits per heavy atom. The first-order valence-electron chi connectivity index (χ1n) is 9.78. The number of aromatic nitrogens is 1. The van der Waals surface area contributed by atoms with Crippen LogP contribution >= 0.6 is 9.24 Å². The smallest absolute Gasteiger partial charge is 0.144 e. The lowest BCUT2D eigenvalue weighted by molar-refractivity contribution is 0.0342. The average molecular weight is 425 g/mol. The molecule has 3 rings (SSSR count). The first kappa shape index (κ1) is 22.1. The average Bonchev–Trinajstić information content (AvgIpc) is 2.76. The Hall–Kier alpha value is -2.57. The van der Waals surface area contributed by atoms with Crippen LogP contribution < -0.4 is 16.4 Å². The number of hydrogen-bond donors (Lipinski definition) is 4. The highest BCUT2D eigenvalue weighted by Crippen LogP contribution is 2.19. The zero-order valence-electron chi connectivity index (χ0n) is 16.8. The second-order valence-corrected chi connectivity index (χ2v) is 7.62. The molecule has 1 aliphatic heterocycles. The molecule has 2 unspecified atom stereocenters. The quantitative estimate of drug-likeness (QED) is 0.292. The third-order valence-corrected chi connectivity index (χ3v) is 5.30. The molecule has 0 bridgehead atoms. The Labute approximate surface area is 179 Å². The summed E-state index contributed by atoms with van der Waals surface area (Å²) >= 11 is 0. The summed E-state index contributed by atoms with van der Waals surface area (Å²) in [6.07, 6.45) is 8.50. The maximum absolute atomic E-state index is 10.4. The van der Waals surface area contributed by atoms with Gasteiger partial charge in [0.05, 0.1) is 13.2 Å². The summed E-state index contributed by atoms with van der Waals surface area (Å²) in [4.78, 5) is 6.55. The summed E-state index contributed by atoms with van der Waals surface area (Å²) in [6.45, 7) is 4.39. The van der Waals surface area contributed by atoms with Crippen LogP contribution in [0.5, 0.6) is 0 Å². The monoisotopic (exact) mass is 425 g/mol. The maximum atomic E-state index is 10.4. The third-order valence-electron chi connectivity index (χ3n) is 4.86. The number of rotatable bonds is 8. The number of hydrogen-bond acceptors (Lipinski definition) is 7. The molecule has 2 atom stereocenters. The van der Waals surface area contributed by atoms with Crippen LogP contribution in [0.3, 0.4) is 0 Å². The molecule has 0 saturated carbocycles. The third kappa shape index (κ3) is 5.97. The minimum Gasteiger partial charge on any atom is -0.404 e. The van der Waals surface area contributed by atoms with Gasteiger partial charge in [0.25, 0.3) is 0 Å². The van der Waals surface area contributed by atoms with Gasteiger partial charge in [-0.05, 0) is 29.1 Å². The normalized spacial score (nSPS) is 16.5. The van der Waals surface area contributed by atoms with E-state index in [4.69, 9.17) is 15.9 Å². The van der Waals surface area contributed by atoms with Crippen molar-refractivity contribution in [1.82, 2.24) is 9.88 Å². The van der Waals surface area contributed by atoms with Gasteiger partial charge in [-0.2, -0.15) is 0 Å². The lowest BCUT2D eigenvalue weighted by Crippen LogP contribution is -2.35. The largest absolute Gasteiger partial charge is 0.404 e. The summed E-state index contributed by atoms with van der Waals surface area (Å²) in [7, 11) is 2.60. The van der Waals surface area contributed by atoms with Crippen LogP contribution in [0.4, 0.5) is 5.69 Å². The van der Waals surface area contributed by atoms with Crippen molar-refractivity contribution in [2.75, 3.05) is 31.6 Å². The van der Waals surface area contributed by atoms with Gasteiger partial charge in [-0.25, -0.2) is 0 Å². The Kier molecular flexibility index (Phi) is 8.11. The molecule has 0 radical (unpaired) electrons. The Morgan fingerprint density at radius 3 is 2.70 bits per heavy atom. The zero-order chi connectivity index (χ0) is 21.3. The fourth-order valence-corrected chi connectivity index (χ4v) is 3.71. The van der Waals surface area contributed by atoms with Gasteiger partial charge in [0, 0.05) is 66.8 Å². The standard InChI is InChI=1S/C22H28N5O2P/c23-11-18(12-24)22-17(13-25-14-20(22)30)3-6-21(28)26-19-4-1-16(2-5-19)15-27-7-9-29-10-8-27/h1-6,11-14,21,23,26,28H,7-10,15,24,30H2/b6-3+,18-12+,23-11?. The number of allylic oxidation sites excluding steroid dienone is 1. The Balaban J connectivity index is 1.63. The number of anilines is 1. The first-order chi connectivity index (χ1) is 14.6. The number of aliphatic hydroxyl groups excluding tert-OH is 1. The van der Waals surface area contributed by atoms with Crippen molar-refractivity contribution in [3.63, 3.8) is 0 Å². The Bertz CT molecular complexity index is 908. The van der Waals surface area contributed by atoms with E-state index in [0.29, 0.717) is 5.57 Å². The number of nitrogens with zero attached hydrogens (tertiary/aromatic N) is 2. The van der Waals surface area contributed by atoms with Crippen LogP contribution in [0, 0.1) is 5.41 Å². The van der Waals surface area contributed by atoms with Crippen LogP contribution in [-0.2, 0) is 11.3 Å². The van der Waals surface area contributed by atoms with E-state index in [-0.39, 0.29) is 0 Å². The minimum absolute atomic E-state index is 0.584. The number of aliphatic hydroxyl groups is 1. The van der Waals surface area contributed by atoms with E-state index in [1.54, 1.807) is 24.5 Å². The molecule has 5 N–H and O–H groups in total. The van der Waals surface area contributed by atoms with Gasteiger partial charge >= 0.3 is 0 Å². The SMILES string of the molecule is N=C/C(=C\N)c1c(P)cncc1/C=C/C(O)Nc1ccc(CN2CCOCC2)cc1. The van der Waals surface area contributed by atoms with Crippen LogP contribution in [0.25, 0.3) is 11.6 Å². The van der Waals surface area contributed by atoms with Crippen molar-refractivity contribution in [3.8, 4) is 0 Å². The van der Waals surface area contributed by atoms with Gasteiger partial charge in [0.15, 0.2) is 0 Å². The second-order valence-electron chi connectivity index (χ2n) is 6.99. The number of benzene rings is 1. The Morgan fingerprint density at radius 2 is 2.03 bits per heavy atom. The molecule has 30 heavy (non-hydrogen) atoms. The summed E-state index contributed by atoms with van der Waals surface area (Å²) < 4.78 is 5.38. The molecular formula is C22H28N5O2P. The minimum atomic E-state index is -0.874. The zero-order valence-corrected chi connectivity index (χ0v) is 17.9. The van der Waals surface area contributed by atoms with Crippen LogP contribution in [0.15, 0.2) is 48.9 Å². The molecule has 0 amide bonds. The van der Waals surface area contributed by atoms with E-state index in [1.165, 1.54) is 18.0 Å². The first-order valence-corrected chi connectivity index (χ1v) is 10.4. The summed E-state index contributed by atoms with van der Waals surface area (Å²) in [6, 6.07) is 8.06. The molecule has 1 fully saturated rings. The molecule has 0 spiro atoms. The predicted octanol–water partition coefficient (Wildman–Crippen LogP) is 1.81. The lowest BCUT2D eigenvalue weighted by Gasteiger charge is -2.26. The molecule has 1 aromatic heterocycles. The van der Waals surface area contributed by atoms with Crippen LogP contribution in [0.1, 0.15) is 16.7 Å². The van der Waals surface area contributed by atoms with Gasteiger partial charge in [-0.1, -0.05) is 18.2 Å². The fourth-order valence-electron chi connectivity index (χ4n) is 3.29. The highest BCUT2D eigenvalue weighted by molar-refractivity contribution is 7.27. The van der Waals surface area contributed by atoms with E-state index in [0.717, 1.165) is 55.0 Å². The van der Waals surface area contributed by atoms with Gasteiger partial charge in [-0.15, -0.1) is 9.24 Å². The van der Waals surface area contributed by atoms with E-state index in [9.17, 15) is 5.11 Å². The van der Waals surface area contributed by atoms with Crippen molar-refractivity contribution < 1.29 is 9.84 Å². The van der Waals surface area contributed by atoms with Crippen molar-refractivity contribution in [2.45, 2.75) is 12.8 Å².